The first kappa shape index (κ1) is 21.9. The van der Waals surface area contributed by atoms with Crippen LogP contribution in [0.25, 0.3) is 0 Å². The van der Waals surface area contributed by atoms with Crippen molar-refractivity contribution in [2.45, 2.75) is 38.0 Å². The van der Waals surface area contributed by atoms with Gasteiger partial charge in [0.15, 0.2) is 0 Å². The van der Waals surface area contributed by atoms with Crippen LogP contribution in [0.15, 0.2) is 42.5 Å². The number of esters is 1. The van der Waals surface area contributed by atoms with Crippen LogP contribution in [-0.4, -0.2) is 41.6 Å². The van der Waals surface area contributed by atoms with E-state index in [9.17, 15) is 23.9 Å². The van der Waals surface area contributed by atoms with Gasteiger partial charge in [-0.05, 0) is 62.7 Å². The number of hydrogen-bond acceptors (Lipinski definition) is 6. The summed E-state index contributed by atoms with van der Waals surface area (Å²) in [7, 11) is 0. The molecule has 1 fully saturated rings. The molecule has 168 valence electrons. The Balaban J connectivity index is 1.64. The zero-order valence-electron chi connectivity index (χ0n) is 17.6. The van der Waals surface area contributed by atoms with E-state index in [0.717, 1.165) is 0 Å². The normalized spacial score (nSPS) is 24.7. The van der Waals surface area contributed by atoms with E-state index >= 15 is 0 Å². The molecule has 4 rings (SSSR count). The first-order valence-electron chi connectivity index (χ1n) is 10.4. The zero-order chi connectivity index (χ0) is 23.0. The molecule has 2 amide bonds. The number of fused-ring (bicyclic) bond motifs is 2. The third-order valence-electron chi connectivity index (χ3n) is 6.00. The Morgan fingerprint density at radius 3 is 2.66 bits per heavy atom. The molecule has 2 heterocycles. The fraction of sp³-hybridized carbons (Fsp3) is 0.348. The maximum atomic E-state index is 14.1. The third kappa shape index (κ3) is 3.63. The van der Waals surface area contributed by atoms with Crippen molar-refractivity contribution < 1.29 is 28.6 Å². The number of ether oxygens (including phenoxy) is 1. The lowest BCUT2D eigenvalue weighted by molar-refractivity contribution is -0.130. The average molecular weight is 441 g/mol. The van der Waals surface area contributed by atoms with E-state index in [4.69, 9.17) is 4.74 Å². The lowest BCUT2D eigenvalue weighted by atomic mass is 9.79. The van der Waals surface area contributed by atoms with Crippen molar-refractivity contribution in [2.24, 2.45) is 5.92 Å². The van der Waals surface area contributed by atoms with E-state index in [1.807, 2.05) is 0 Å². The monoisotopic (exact) mass is 441 g/mol. The highest BCUT2D eigenvalue weighted by Gasteiger charge is 2.60. The van der Waals surface area contributed by atoms with Gasteiger partial charge in [0.25, 0.3) is 0 Å². The van der Waals surface area contributed by atoms with Crippen LogP contribution in [0.4, 0.5) is 15.8 Å². The first-order valence-corrected chi connectivity index (χ1v) is 10.4. The summed E-state index contributed by atoms with van der Waals surface area (Å²) in [6, 6.07) is 9.57. The van der Waals surface area contributed by atoms with Crippen molar-refractivity contribution >= 4 is 29.2 Å². The van der Waals surface area contributed by atoms with E-state index in [0.29, 0.717) is 22.5 Å². The Hall–Kier alpha value is -3.30. The molecule has 2 aliphatic rings. The summed E-state index contributed by atoms with van der Waals surface area (Å²) >= 11 is 0. The van der Waals surface area contributed by atoms with Crippen molar-refractivity contribution in [1.82, 2.24) is 5.32 Å². The number of carbonyl (C=O) groups is 3. The minimum Gasteiger partial charge on any atom is -0.462 e. The fourth-order valence-corrected chi connectivity index (χ4v) is 4.42. The van der Waals surface area contributed by atoms with Gasteiger partial charge in [0, 0.05) is 23.0 Å². The summed E-state index contributed by atoms with van der Waals surface area (Å²) in [4.78, 5) is 38.2. The molecule has 2 aromatic carbocycles. The van der Waals surface area contributed by atoms with Crippen molar-refractivity contribution in [3.63, 3.8) is 0 Å². The van der Waals surface area contributed by atoms with Crippen LogP contribution in [0.1, 0.15) is 36.2 Å². The van der Waals surface area contributed by atoms with Gasteiger partial charge in [-0.2, -0.15) is 0 Å². The van der Waals surface area contributed by atoms with Gasteiger partial charge in [-0.25, -0.2) is 9.18 Å². The minimum absolute atomic E-state index is 0.174. The molecule has 0 aliphatic carbocycles. The molecule has 0 unspecified atom stereocenters. The van der Waals surface area contributed by atoms with E-state index in [1.54, 1.807) is 26.0 Å². The second-order valence-electron chi connectivity index (χ2n) is 8.02. The molecule has 0 aromatic heterocycles. The van der Waals surface area contributed by atoms with Crippen LogP contribution in [0.5, 0.6) is 0 Å². The van der Waals surface area contributed by atoms with E-state index in [2.05, 4.69) is 16.0 Å². The van der Waals surface area contributed by atoms with Crippen molar-refractivity contribution in [3.05, 3.63) is 59.4 Å². The standard InChI is InChI=1S/C23H24FN3O5/c1-3-32-21(30)13-4-7-15(8-5-13)25-20(29)17-11-19(12(2)28)27-23(17)16-10-14(24)6-9-18(16)26-22(23)31/h4-10,12,17,19,27-28H,3,11H2,1-2H3,(H,25,29)(H,26,31)/t12-,17-,19+,23+/m0/s1. The number of aliphatic hydroxyl groups excluding tert-OH is 1. The number of amides is 2. The van der Waals surface area contributed by atoms with Gasteiger partial charge in [0.1, 0.15) is 11.4 Å². The van der Waals surface area contributed by atoms with Crippen molar-refractivity contribution in [3.8, 4) is 0 Å². The van der Waals surface area contributed by atoms with Gasteiger partial charge in [0.2, 0.25) is 11.8 Å². The Bertz CT molecular complexity index is 1070. The van der Waals surface area contributed by atoms with Gasteiger partial charge in [0.05, 0.1) is 24.2 Å². The van der Waals surface area contributed by atoms with Crippen molar-refractivity contribution in [1.29, 1.82) is 0 Å². The molecule has 8 nitrogen and oxygen atoms in total. The first-order chi connectivity index (χ1) is 15.3. The van der Waals surface area contributed by atoms with Crippen LogP contribution in [0.3, 0.4) is 0 Å². The molecule has 1 spiro atoms. The molecule has 0 saturated carbocycles. The molecular weight excluding hydrogens is 417 g/mol. The molecule has 4 atom stereocenters. The maximum absolute atomic E-state index is 14.1. The second-order valence-corrected chi connectivity index (χ2v) is 8.02. The number of halogens is 1. The number of carbonyl (C=O) groups excluding carboxylic acids is 3. The number of rotatable bonds is 5. The lowest BCUT2D eigenvalue weighted by Crippen LogP contribution is -2.53. The number of hydrogen-bond donors (Lipinski definition) is 4. The number of anilines is 2. The minimum atomic E-state index is -1.51. The molecule has 32 heavy (non-hydrogen) atoms. The molecule has 0 bridgehead atoms. The number of benzene rings is 2. The molecule has 1 saturated heterocycles. The highest BCUT2D eigenvalue weighted by molar-refractivity contribution is 6.10. The van der Waals surface area contributed by atoms with Crippen LogP contribution in [0, 0.1) is 11.7 Å². The van der Waals surface area contributed by atoms with E-state index in [-0.39, 0.29) is 13.0 Å². The largest absolute Gasteiger partial charge is 0.462 e. The van der Waals surface area contributed by atoms with Crippen LogP contribution < -0.4 is 16.0 Å². The van der Waals surface area contributed by atoms with Crippen LogP contribution >= 0.6 is 0 Å². The summed E-state index contributed by atoms with van der Waals surface area (Å²) in [5, 5.41) is 18.7. The van der Waals surface area contributed by atoms with Crippen LogP contribution in [-0.2, 0) is 19.9 Å². The Kier molecular flexibility index (Phi) is 5.70. The van der Waals surface area contributed by atoms with Gasteiger partial charge in [-0.3, -0.25) is 14.9 Å². The molecular formula is C23H24FN3O5. The maximum Gasteiger partial charge on any atom is 0.338 e. The molecule has 4 N–H and O–H groups in total. The predicted molar refractivity (Wildman–Crippen MR) is 114 cm³/mol. The number of nitrogens with one attached hydrogen (secondary N) is 3. The average Bonchev–Trinajstić information content (AvgIpc) is 3.29. The van der Waals surface area contributed by atoms with E-state index < -0.39 is 47.2 Å². The summed E-state index contributed by atoms with van der Waals surface area (Å²) in [6.45, 7) is 3.53. The Morgan fingerprint density at radius 1 is 1.28 bits per heavy atom. The summed E-state index contributed by atoms with van der Waals surface area (Å²) in [6.07, 6.45) is -0.660. The lowest BCUT2D eigenvalue weighted by Gasteiger charge is -2.29. The Labute approximate surface area is 184 Å². The second kappa shape index (κ2) is 8.33. The smallest absolute Gasteiger partial charge is 0.338 e. The van der Waals surface area contributed by atoms with E-state index in [1.165, 1.54) is 30.3 Å². The Morgan fingerprint density at radius 2 is 2.00 bits per heavy atom. The summed E-state index contributed by atoms with van der Waals surface area (Å²) in [5.74, 6) is -2.84. The predicted octanol–water partition coefficient (Wildman–Crippen LogP) is 2.15. The SMILES string of the molecule is CCOC(=O)c1ccc(NC(=O)[C@@H]2C[C@H]([C@H](C)O)N[C@@]23C(=O)Nc2ccc(F)cc23)cc1. The van der Waals surface area contributed by atoms with Gasteiger partial charge in [-0.15, -0.1) is 0 Å². The van der Waals surface area contributed by atoms with Gasteiger partial charge in [-0.1, -0.05) is 0 Å². The quantitative estimate of drug-likeness (QED) is 0.529. The van der Waals surface area contributed by atoms with Crippen LogP contribution in [0.2, 0.25) is 0 Å². The molecule has 2 aromatic rings. The molecule has 0 radical (unpaired) electrons. The highest BCUT2D eigenvalue weighted by Crippen LogP contribution is 2.47. The third-order valence-corrected chi connectivity index (χ3v) is 6.00. The van der Waals surface area contributed by atoms with Crippen molar-refractivity contribution in [2.75, 3.05) is 17.2 Å². The summed E-state index contributed by atoms with van der Waals surface area (Å²) < 4.78 is 19.0. The highest BCUT2D eigenvalue weighted by atomic mass is 19.1. The fourth-order valence-electron chi connectivity index (χ4n) is 4.42. The molecule has 2 aliphatic heterocycles. The van der Waals surface area contributed by atoms with Gasteiger partial charge >= 0.3 is 5.97 Å². The summed E-state index contributed by atoms with van der Waals surface area (Å²) in [5.41, 5.74) is 0.0259. The van der Waals surface area contributed by atoms with Gasteiger partial charge < -0.3 is 20.5 Å². The molecule has 9 heteroatoms. The zero-order valence-corrected chi connectivity index (χ0v) is 17.6. The topological polar surface area (TPSA) is 117 Å². The number of aliphatic hydroxyl groups is 1.